The second kappa shape index (κ2) is 7.36. The maximum absolute atomic E-state index is 12.8. The first kappa shape index (κ1) is 19.7. The Bertz CT molecular complexity index is 1110. The summed E-state index contributed by atoms with van der Waals surface area (Å²) in [4.78, 5) is 32.1. The molecule has 7 nitrogen and oxygen atoms in total. The van der Waals surface area contributed by atoms with Gasteiger partial charge in [-0.3, -0.25) is 9.59 Å². The number of nitrogens with one attached hydrogen (secondary N) is 2. The molecule has 1 aromatic heterocycles. The second-order valence-corrected chi connectivity index (χ2v) is 6.89. The van der Waals surface area contributed by atoms with Crippen LogP contribution in [0.2, 0.25) is 0 Å². The Morgan fingerprint density at radius 3 is 2.63 bits per heavy atom. The number of imidazole rings is 1. The van der Waals surface area contributed by atoms with E-state index < -0.39 is 23.9 Å². The smallest absolute Gasteiger partial charge is 0.449 e. The lowest BCUT2D eigenvalue weighted by molar-refractivity contribution is -0.144. The summed E-state index contributed by atoms with van der Waals surface area (Å²) in [7, 11) is 1.55. The minimum Gasteiger partial charge on any atom is -0.497 e. The van der Waals surface area contributed by atoms with Crippen LogP contribution in [0.1, 0.15) is 22.6 Å². The number of halogens is 3. The number of hydrogen-bond donors (Lipinski definition) is 2. The Balaban J connectivity index is 1.46. The Hall–Kier alpha value is -3.56. The molecule has 1 fully saturated rings. The van der Waals surface area contributed by atoms with Gasteiger partial charge in [-0.05, 0) is 42.5 Å². The maximum atomic E-state index is 12.8. The highest BCUT2D eigenvalue weighted by Crippen LogP contribution is 2.29. The van der Waals surface area contributed by atoms with Crippen molar-refractivity contribution in [2.45, 2.75) is 18.6 Å². The number of anilines is 1. The third kappa shape index (κ3) is 3.80. The summed E-state index contributed by atoms with van der Waals surface area (Å²) in [5, 5.41) is 2.77. The van der Waals surface area contributed by atoms with Crippen LogP contribution in [0.5, 0.6) is 5.75 Å². The van der Waals surface area contributed by atoms with Gasteiger partial charge in [-0.15, -0.1) is 0 Å². The molecular weight excluding hydrogens is 401 g/mol. The molecular formula is C20H17F3N4O3. The summed E-state index contributed by atoms with van der Waals surface area (Å²) in [5.74, 6) is -1.07. The van der Waals surface area contributed by atoms with Crippen molar-refractivity contribution >= 4 is 28.5 Å². The van der Waals surface area contributed by atoms with Gasteiger partial charge in [0, 0.05) is 24.2 Å². The van der Waals surface area contributed by atoms with Gasteiger partial charge < -0.3 is 19.9 Å². The average Bonchev–Trinajstić information content (AvgIpc) is 3.30. The van der Waals surface area contributed by atoms with Gasteiger partial charge in [0.25, 0.3) is 5.91 Å². The first-order valence-electron chi connectivity index (χ1n) is 9.07. The topological polar surface area (TPSA) is 87.3 Å². The first-order valence-corrected chi connectivity index (χ1v) is 9.07. The van der Waals surface area contributed by atoms with Crippen LogP contribution in [0.25, 0.3) is 11.0 Å². The zero-order valence-electron chi connectivity index (χ0n) is 15.8. The molecule has 1 saturated heterocycles. The number of H-pyrrole nitrogens is 1. The summed E-state index contributed by atoms with van der Waals surface area (Å²) >= 11 is 0. The number of rotatable bonds is 4. The van der Waals surface area contributed by atoms with Crippen LogP contribution in [0, 0.1) is 0 Å². The Kier molecular flexibility index (Phi) is 4.84. The molecule has 2 N–H and O–H groups in total. The van der Waals surface area contributed by atoms with Crippen molar-refractivity contribution in [3.8, 4) is 5.75 Å². The van der Waals surface area contributed by atoms with Crippen LogP contribution in [-0.2, 0) is 11.0 Å². The summed E-state index contributed by atoms with van der Waals surface area (Å²) in [5.41, 5.74) is 1.09. The zero-order chi connectivity index (χ0) is 21.5. The average molecular weight is 418 g/mol. The maximum Gasteiger partial charge on any atom is 0.449 e. The molecule has 0 bridgehead atoms. The van der Waals surface area contributed by atoms with Crippen molar-refractivity contribution in [2.75, 3.05) is 18.6 Å². The molecule has 4 rings (SSSR count). The number of nitrogens with zero attached hydrogens (tertiary/aromatic N) is 2. The van der Waals surface area contributed by atoms with E-state index in [9.17, 15) is 22.8 Å². The fourth-order valence-corrected chi connectivity index (χ4v) is 3.37. The third-order valence-corrected chi connectivity index (χ3v) is 4.86. The fraction of sp³-hybridized carbons (Fsp3) is 0.250. The number of fused-ring (bicyclic) bond motifs is 1. The van der Waals surface area contributed by atoms with E-state index in [-0.39, 0.29) is 28.9 Å². The molecule has 1 atom stereocenters. The van der Waals surface area contributed by atoms with Crippen LogP contribution in [0.3, 0.4) is 0 Å². The molecule has 0 spiro atoms. The van der Waals surface area contributed by atoms with Crippen LogP contribution < -0.4 is 15.0 Å². The number of alkyl halides is 3. The van der Waals surface area contributed by atoms with Gasteiger partial charge in [-0.2, -0.15) is 13.2 Å². The van der Waals surface area contributed by atoms with Gasteiger partial charge in [0.15, 0.2) is 0 Å². The summed E-state index contributed by atoms with van der Waals surface area (Å²) in [6, 6.07) is 10.6. The number of aromatic nitrogens is 2. The fourth-order valence-electron chi connectivity index (χ4n) is 3.37. The van der Waals surface area contributed by atoms with Crippen LogP contribution >= 0.6 is 0 Å². The largest absolute Gasteiger partial charge is 0.497 e. The van der Waals surface area contributed by atoms with E-state index in [1.807, 2.05) is 0 Å². The lowest BCUT2D eigenvalue weighted by Gasteiger charge is -2.17. The predicted molar refractivity (Wildman–Crippen MR) is 102 cm³/mol. The third-order valence-electron chi connectivity index (χ3n) is 4.86. The van der Waals surface area contributed by atoms with E-state index in [0.717, 1.165) is 0 Å². The molecule has 0 saturated carbocycles. The molecule has 1 aliphatic rings. The van der Waals surface area contributed by atoms with Crippen LogP contribution in [0.15, 0.2) is 42.5 Å². The summed E-state index contributed by atoms with van der Waals surface area (Å²) in [6.45, 7) is 0.293. The van der Waals surface area contributed by atoms with Crippen molar-refractivity contribution in [2.24, 2.45) is 0 Å². The molecule has 2 aromatic carbocycles. The first-order chi connectivity index (χ1) is 14.2. The Morgan fingerprint density at radius 1 is 1.23 bits per heavy atom. The molecule has 2 heterocycles. The van der Waals surface area contributed by atoms with Crippen molar-refractivity contribution in [1.29, 1.82) is 0 Å². The van der Waals surface area contributed by atoms with E-state index in [1.54, 1.807) is 36.3 Å². The molecule has 156 valence electrons. The quantitative estimate of drug-likeness (QED) is 0.682. The standard InChI is InChI=1S/C20H17F3N4O3/c1-30-14-5-3-13(4-6-14)27-10-12(9-17(27)28)24-18(29)11-2-7-15-16(8-11)26-19(25-15)20(21,22)23/h2-8,12H,9-10H2,1H3,(H,24,29)(H,25,26)/t12-/m1/s1. The SMILES string of the molecule is COc1ccc(N2C[C@H](NC(=O)c3ccc4nc(C(F)(F)F)[nH]c4c3)CC2=O)cc1. The number of benzene rings is 2. The van der Waals surface area contributed by atoms with Crippen LogP contribution in [-0.4, -0.2) is 41.5 Å². The number of methoxy groups -OCH3 is 1. The summed E-state index contributed by atoms with van der Waals surface area (Å²) < 4.78 is 43.5. The van der Waals surface area contributed by atoms with Crippen molar-refractivity contribution in [1.82, 2.24) is 15.3 Å². The number of ether oxygens (including phenoxy) is 1. The molecule has 10 heteroatoms. The van der Waals surface area contributed by atoms with Crippen molar-refractivity contribution in [3.05, 3.63) is 53.9 Å². The van der Waals surface area contributed by atoms with Gasteiger partial charge >= 0.3 is 6.18 Å². The normalized spacial score (nSPS) is 16.9. The van der Waals surface area contributed by atoms with Crippen molar-refractivity contribution in [3.63, 3.8) is 0 Å². The Morgan fingerprint density at radius 2 is 1.97 bits per heavy atom. The summed E-state index contributed by atoms with van der Waals surface area (Å²) in [6.07, 6.45) is -4.47. The zero-order valence-corrected chi connectivity index (χ0v) is 15.8. The predicted octanol–water partition coefficient (Wildman–Crippen LogP) is 3.13. The van der Waals surface area contributed by atoms with Gasteiger partial charge in [0.05, 0.1) is 24.2 Å². The minimum atomic E-state index is -4.60. The minimum absolute atomic E-state index is 0.109. The molecule has 2 amide bonds. The van der Waals surface area contributed by atoms with E-state index >= 15 is 0 Å². The number of amides is 2. The highest BCUT2D eigenvalue weighted by atomic mass is 19.4. The van der Waals surface area contributed by atoms with E-state index in [4.69, 9.17) is 4.74 Å². The van der Waals surface area contributed by atoms with Crippen LogP contribution in [0.4, 0.5) is 18.9 Å². The molecule has 3 aromatic rings. The highest BCUT2D eigenvalue weighted by molar-refractivity contribution is 6.00. The number of aromatic amines is 1. The molecule has 0 aliphatic carbocycles. The lowest BCUT2D eigenvalue weighted by atomic mass is 10.1. The van der Waals surface area contributed by atoms with E-state index in [1.165, 1.54) is 18.2 Å². The molecule has 0 radical (unpaired) electrons. The number of carbonyl (C=O) groups excluding carboxylic acids is 2. The lowest BCUT2D eigenvalue weighted by Crippen LogP contribution is -2.37. The van der Waals surface area contributed by atoms with Crippen molar-refractivity contribution < 1.29 is 27.5 Å². The van der Waals surface area contributed by atoms with Gasteiger partial charge in [-0.25, -0.2) is 4.98 Å². The molecule has 0 unspecified atom stereocenters. The van der Waals surface area contributed by atoms with Gasteiger partial charge in [-0.1, -0.05) is 0 Å². The monoisotopic (exact) mass is 418 g/mol. The number of hydrogen-bond acceptors (Lipinski definition) is 4. The second-order valence-electron chi connectivity index (χ2n) is 6.89. The molecule has 1 aliphatic heterocycles. The van der Waals surface area contributed by atoms with E-state index in [0.29, 0.717) is 18.0 Å². The van der Waals surface area contributed by atoms with Gasteiger partial charge in [0.1, 0.15) is 5.75 Å². The van der Waals surface area contributed by atoms with E-state index in [2.05, 4.69) is 15.3 Å². The molecule has 30 heavy (non-hydrogen) atoms. The Labute approximate surface area is 168 Å². The highest BCUT2D eigenvalue weighted by Gasteiger charge is 2.35. The number of carbonyl (C=O) groups is 2. The van der Waals surface area contributed by atoms with Gasteiger partial charge in [0.2, 0.25) is 11.7 Å².